The minimum atomic E-state index is -0.810. The molecule has 2 aromatic rings. The molecule has 0 aromatic heterocycles. The first-order valence-corrected chi connectivity index (χ1v) is 9.43. The quantitative estimate of drug-likeness (QED) is 0.481. The minimum Gasteiger partial charge on any atom is -0.467 e. The summed E-state index contributed by atoms with van der Waals surface area (Å²) in [4.78, 5) is 24.0. The number of hydrogen-bond donors (Lipinski definition) is 0. The smallest absolute Gasteiger partial charge is 0.430 e. The van der Waals surface area contributed by atoms with E-state index in [0.29, 0.717) is 6.42 Å². The van der Waals surface area contributed by atoms with Crippen LogP contribution in [0.2, 0.25) is 0 Å². The largest absolute Gasteiger partial charge is 0.467 e. The Bertz CT molecular complexity index is 826. The summed E-state index contributed by atoms with van der Waals surface area (Å²) in [5, 5.41) is 5.56. The second-order valence-electron chi connectivity index (χ2n) is 6.61. The minimum absolute atomic E-state index is 0.182. The maximum atomic E-state index is 12.0. The van der Waals surface area contributed by atoms with E-state index in [2.05, 4.69) is 5.10 Å². The van der Waals surface area contributed by atoms with Gasteiger partial charge in [-0.2, -0.15) is 10.1 Å². The van der Waals surface area contributed by atoms with Crippen LogP contribution >= 0.6 is 0 Å². The molecular weight excluding hydrogens is 372 g/mol. The van der Waals surface area contributed by atoms with Gasteiger partial charge in [-0.25, -0.2) is 9.59 Å². The number of carbonyl (C=O) groups excluding carboxylic acids is 2. The standard InChI is InChI=1S/C22H24N2O5/c1-27-21(25)20(28-15-18-10-6-3-7-11-18)12-13-23-24-19(16-29-22(24)26)14-17-8-4-2-5-9-17/h2-11,13,19-20H,12,14-16H2,1H3/b23-13+/t19-,20+/m0/s1. The lowest BCUT2D eigenvalue weighted by Gasteiger charge is -2.17. The van der Waals surface area contributed by atoms with Crippen LogP contribution in [0.1, 0.15) is 17.5 Å². The fourth-order valence-electron chi connectivity index (χ4n) is 2.99. The normalized spacial score (nSPS) is 17.3. The summed E-state index contributed by atoms with van der Waals surface area (Å²) in [5.74, 6) is -0.489. The van der Waals surface area contributed by atoms with Gasteiger partial charge in [-0.1, -0.05) is 60.7 Å². The summed E-state index contributed by atoms with van der Waals surface area (Å²) in [6.07, 6.45) is 1.00. The number of benzene rings is 2. The lowest BCUT2D eigenvalue weighted by atomic mass is 10.1. The summed E-state index contributed by atoms with van der Waals surface area (Å²) >= 11 is 0. The molecule has 1 aliphatic rings. The number of amides is 1. The molecule has 1 aliphatic heterocycles. The molecule has 7 nitrogen and oxygen atoms in total. The zero-order valence-corrected chi connectivity index (χ0v) is 16.3. The maximum absolute atomic E-state index is 12.0. The third kappa shape index (κ3) is 5.89. The van der Waals surface area contributed by atoms with Gasteiger partial charge >= 0.3 is 12.1 Å². The highest BCUT2D eigenvalue weighted by molar-refractivity contribution is 5.79. The van der Waals surface area contributed by atoms with E-state index in [0.717, 1.165) is 11.1 Å². The van der Waals surface area contributed by atoms with Crippen molar-refractivity contribution in [1.29, 1.82) is 0 Å². The number of carbonyl (C=O) groups is 2. The lowest BCUT2D eigenvalue weighted by molar-refractivity contribution is -0.154. The molecule has 0 aliphatic carbocycles. The molecule has 152 valence electrons. The number of ether oxygens (including phenoxy) is 3. The highest BCUT2D eigenvalue weighted by Gasteiger charge is 2.33. The van der Waals surface area contributed by atoms with Crippen LogP contribution in [0.4, 0.5) is 4.79 Å². The average molecular weight is 396 g/mol. The SMILES string of the molecule is COC(=O)[C@@H](C/C=N/N1C(=O)OC[C@@H]1Cc1ccccc1)OCc1ccccc1. The Kier molecular flexibility index (Phi) is 7.35. The Morgan fingerprint density at radius 2 is 1.83 bits per heavy atom. The monoisotopic (exact) mass is 396 g/mol. The predicted molar refractivity (Wildman–Crippen MR) is 107 cm³/mol. The van der Waals surface area contributed by atoms with Crippen molar-refractivity contribution in [2.75, 3.05) is 13.7 Å². The number of rotatable bonds is 9. The first kappa shape index (κ1) is 20.5. The van der Waals surface area contributed by atoms with Crippen molar-refractivity contribution in [3.05, 3.63) is 71.8 Å². The van der Waals surface area contributed by atoms with Gasteiger partial charge < -0.3 is 14.2 Å². The van der Waals surface area contributed by atoms with Gasteiger partial charge in [-0.05, 0) is 17.5 Å². The van der Waals surface area contributed by atoms with Crippen LogP contribution in [0.3, 0.4) is 0 Å². The van der Waals surface area contributed by atoms with Crippen molar-refractivity contribution in [1.82, 2.24) is 5.01 Å². The van der Waals surface area contributed by atoms with Gasteiger partial charge in [0.2, 0.25) is 0 Å². The van der Waals surface area contributed by atoms with Crippen LogP contribution in [0, 0.1) is 0 Å². The van der Waals surface area contributed by atoms with Gasteiger partial charge in [-0.3, -0.25) is 0 Å². The van der Waals surface area contributed by atoms with E-state index in [1.54, 1.807) is 0 Å². The van der Waals surface area contributed by atoms with Crippen LogP contribution in [0.25, 0.3) is 0 Å². The van der Waals surface area contributed by atoms with Gasteiger partial charge in [0, 0.05) is 12.6 Å². The molecule has 2 aromatic carbocycles. The number of hydrogen-bond acceptors (Lipinski definition) is 6. The number of nitrogens with zero attached hydrogens (tertiary/aromatic N) is 2. The zero-order valence-electron chi connectivity index (χ0n) is 16.3. The molecule has 1 saturated heterocycles. The molecule has 0 N–H and O–H groups in total. The Morgan fingerprint density at radius 3 is 2.48 bits per heavy atom. The Hall–Kier alpha value is -3.19. The molecule has 29 heavy (non-hydrogen) atoms. The highest BCUT2D eigenvalue weighted by atomic mass is 16.6. The molecular formula is C22H24N2O5. The first-order valence-electron chi connectivity index (χ1n) is 9.43. The Morgan fingerprint density at radius 1 is 1.17 bits per heavy atom. The molecule has 0 spiro atoms. The van der Waals surface area contributed by atoms with E-state index in [1.807, 2.05) is 60.7 Å². The molecule has 1 heterocycles. The predicted octanol–water partition coefficient (Wildman–Crippen LogP) is 3.18. The fourth-order valence-corrected chi connectivity index (χ4v) is 2.99. The number of cyclic esters (lactones) is 1. The second kappa shape index (κ2) is 10.4. The molecule has 0 saturated carbocycles. The van der Waals surface area contributed by atoms with Crippen molar-refractivity contribution in [2.45, 2.75) is 31.6 Å². The topological polar surface area (TPSA) is 77.4 Å². The van der Waals surface area contributed by atoms with E-state index in [-0.39, 0.29) is 25.7 Å². The Labute approximate surface area is 169 Å². The lowest BCUT2D eigenvalue weighted by Crippen LogP contribution is -2.31. The molecule has 0 unspecified atom stereocenters. The van der Waals surface area contributed by atoms with E-state index in [4.69, 9.17) is 14.2 Å². The average Bonchev–Trinajstić information content (AvgIpc) is 3.10. The van der Waals surface area contributed by atoms with Crippen molar-refractivity contribution < 1.29 is 23.8 Å². The van der Waals surface area contributed by atoms with E-state index >= 15 is 0 Å². The summed E-state index contributed by atoms with van der Waals surface area (Å²) in [5.41, 5.74) is 2.04. The van der Waals surface area contributed by atoms with Crippen LogP contribution in [-0.2, 0) is 32.0 Å². The second-order valence-corrected chi connectivity index (χ2v) is 6.61. The number of hydrazone groups is 1. The molecule has 1 amide bonds. The molecule has 2 atom stereocenters. The summed E-state index contributed by atoms with van der Waals surface area (Å²) in [6.45, 7) is 0.548. The van der Waals surface area contributed by atoms with Crippen molar-refractivity contribution >= 4 is 18.3 Å². The summed E-state index contributed by atoms with van der Waals surface area (Å²) in [6, 6.07) is 19.2. The molecule has 0 bridgehead atoms. The van der Waals surface area contributed by atoms with Crippen LogP contribution in [-0.4, -0.2) is 49.1 Å². The zero-order chi connectivity index (χ0) is 20.5. The molecule has 0 radical (unpaired) electrons. The maximum Gasteiger partial charge on any atom is 0.430 e. The third-order valence-corrected chi connectivity index (χ3v) is 4.53. The fraction of sp³-hybridized carbons (Fsp3) is 0.318. The Balaban J connectivity index is 1.59. The number of esters is 1. The van der Waals surface area contributed by atoms with Gasteiger partial charge in [0.25, 0.3) is 0 Å². The van der Waals surface area contributed by atoms with Crippen LogP contribution in [0.5, 0.6) is 0 Å². The van der Waals surface area contributed by atoms with Crippen molar-refractivity contribution in [3.63, 3.8) is 0 Å². The first-order chi connectivity index (χ1) is 14.2. The van der Waals surface area contributed by atoms with E-state index in [1.165, 1.54) is 18.3 Å². The van der Waals surface area contributed by atoms with E-state index < -0.39 is 18.2 Å². The van der Waals surface area contributed by atoms with Crippen molar-refractivity contribution in [2.24, 2.45) is 5.10 Å². The third-order valence-electron chi connectivity index (χ3n) is 4.53. The van der Waals surface area contributed by atoms with Gasteiger partial charge in [0.05, 0.1) is 19.8 Å². The van der Waals surface area contributed by atoms with Crippen molar-refractivity contribution in [3.8, 4) is 0 Å². The van der Waals surface area contributed by atoms with E-state index in [9.17, 15) is 9.59 Å². The molecule has 1 fully saturated rings. The van der Waals surface area contributed by atoms with Gasteiger partial charge in [-0.15, -0.1) is 0 Å². The van der Waals surface area contributed by atoms with Gasteiger partial charge in [0.1, 0.15) is 6.61 Å². The summed E-state index contributed by atoms with van der Waals surface area (Å²) in [7, 11) is 1.31. The molecule has 7 heteroatoms. The van der Waals surface area contributed by atoms with Gasteiger partial charge in [0.15, 0.2) is 6.10 Å². The number of methoxy groups -OCH3 is 1. The van der Waals surface area contributed by atoms with Crippen LogP contribution < -0.4 is 0 Å². The summed E-state index contributed by atoms with van der Waals surface area (Å²) < 4.78 is 15.6. The molecule has 3 rings (SSSR count). The highest BCUT2D eigenvalue weighted by Crippen LogP contribution is 2.17. The van der Waals surface area contributed by atoms with Crippen LogP contribution in [0.15, 0.2) is 65.8 Å².